The highest BCUT2D eigenvalue weighted by molar-refractivity contribution is 5.24. The van der Waals surface area contributed by atoms with Crippen LogP contribution in [0.3, 0.4) is 0 Å². The third-order valence-corrected chi connectivity index (χ3v) is 0.612. The summed E-state index contributed by atoms with van der Waals surface area (Å²) in [5, 5.41) is 16.4. The monoisotopic (exact) mass is 136 g/mol. The van der Waals surface area contributed by atoms with E-state index in [1.54, 1.807) is 0 Å². The van der Waals surface area contributed by atoms with Crippen molar-refractivity contribution in [1.29, 1.82) is 0 Å². The zero-order chi connectivity index (χ0) is 7.66. The molecule has 52 valence electrons. The Balaban J connectivity index is 3.56. The van der Waals surface area contributed by atoms with Gasteiger partial charge in [0.1, 0.15) is 13.2 Å². The van der Waals surface area contributed by atoms with Crippen molar-refractivity contribution in [3.05, 3.63) is 12.2 Å². The van der Waals surface area contributed by atoms with Crippen LogP contribution in [0.25, 0.3) is 0 Å². The highest BCUT2D eigenvalue weighted by atomic mass is 16.3. The fourth-order valence-electron chi connectivity index (χ4n) is 0.292. The lowest BCUT2D eigenvalue weighted by molar-refractivity contribution is 0.350. The number of rotatable bonds is 0. The Morgan fingerprint density at radius 3 is 1.60 bits per heavy atom. The quantitative estimate of drug-likeness (QED) is 0.442. The summed E-state index contributed by atoms with van der Waals surface area (Å²) < 4.78 is 0. The maximum absolute atomic E-state index is 8.19. The average Bonchev–Trinajstić information content (AvgIpc) is 1.97. The molecule has 0 fully saturated rings. The van der Waals surface area contributed by atoms with Crippen molar-refractivity contribution in [3.8, 4) is 23.7 Å². The molecule has 2 N–H and O–H groups in total. The van der Waals surface area contributed by atoms with Crippen molar-refractivity contribution in [2.24, 2.45) is 0 Å². The number of aliphatic hydroxyl groups is 2. The van der Waals surface area contributed by atoms with Gasteiger partial charge in [0.15, 0.2) is 0 Å². The molecule has 0 aliphatic rings. The third-order valence-electron chi connectivity index (χ3n) is 0.612. The van der Waals surface area contributed by atoms with E-state index in [0.717, 1.165) is 0 Å². The van der Waals surface area contributed by atoms with Crippen molar-refractivity contribution in [1.82, 2.24) is 0 Å². The molecule has 0 unspecified atom stereocenters. The van der Waals surface area contributed by atoms with E-state index in [4.69, 9.17) is 10.2 Å². The molecule has 0 aromatic rings. The van der Waals surface area contributed by atoms with Gasteiger partial charge in [-0.2, -0.15) is 0 Å². The summed E-state index contributed by atoms with van der Waals surface area (Å²) in [5.41, 5.74) is 0. The highest BCUT2D eigenvalue weighted by Crippen LogP contribution is 1.65. The Bertz CT molecular complexity index is 183. The molecule has 0 heterocycles. The number of aliphatic hydroxyl groups excluding tert-OH is 2. The van der Waals surface area contributed by atoms with E-state index in [1.165, 1.54) is 12.2 Å². The van der Waals surface area contributed by atoms with Crippen LogP contribution in [0.5, 0.6) is 0 Å². The maximum Gasteiger partial charge on any atom is 0.104 e. The fraction of sp³-hybridized carbons (Fsp3) is 0.250. The Labute approximate surface area is 60.2 Å². The maximum atomic E-state index is 8.19. The summed E-state index contributed by atoms with van der Waals surface area (Å²) in [7, 11) is 0. The second-order valence-corrected chi connectivity index (χ2v) is 1.29. The van der Waals surface area contributed by atoms with Crippen molar-refractivity contribution in [3.63, 3.8) is 0 Å². The molecule has 2 heteroatoms. The minimum atomic E-state index is -0.141. The molecule has 0 radical (unpaired) electrons. The van der Waals surface area contributed by atoms with Crippen LogP contribution < -0.4 is 0 Å². The van der Waals surface area contributed by atoms with Crippen LogP contribution in [-0.2, 0) is 0 Å². The van der Waals surface area contributed by atoms with Crippen LogP contribution in [-0.4, -0.2) is 23.4 Å². The van der Waals surface area contributed by atoms with E-state index in [9.17, 15) is 0 Å². The van der Waals surface area contributed by atoms with Gasteiger partial charge >= 0.3 is 0 Å². The van der Waals surface area contributed by atoms with Crippen LogP contribution >= 0.6 is 0 Å². The predicted octanol–water partition coefficient (Wildman–Crippen LogP) is -0.466. The molecule has 0 atom stereocenters. The topological polar surface area (TPSA) is 40.5 Å². The van der Waals surface area contributed by atoms with Crippen molar-refractivity contribution in [2.45, 2.75) is 0 Å². The minimum Gasteiger partial charge on any atom is -0.384 e. The van der Waals surface area contributed by atoms with Crippen LogP contribution in [0, 0.1) is 23.7 Å². The van der Waals surface area contributed by atoms with Gasteiger partial charge in [-0.15, -0.1) is 0 Å². The Morgan fingerprint density at radius 2 is 1.30 bits per heavy atom. The van der Waals surface area contributed by atoms with Crippen molar-refractivity contribution < 1.29 is 10.2 Å². The zero-order valence-corrected chi connectivity index (χ0v) is 5.46. The first-order chi connectivity index (χ1) is 4.91. The largest absolute Gasteiger partial charge is 0.384 e. The molecule has 0 aliphatic heterocycles. The van der Waals surface area contributed by atoms with E-state index in [1.807, 2.05) is 0 Å². The molecule has 0 aromatic heterocycles. The van der Waals surface area contributed by atoms with E-state index >= 15 is 0 Å². The first-order valence-corrected chi connectivity index (χ1v) is 2.75. The van der Waals surface area contributed by atoms with Crippen LogP contribution in [0.1, 0.15) is 0 Å². The average molecular weight is 136 g/mol. The molecule has 10 heavy (non-hydrogen) atoms. The predicted molar refractivity (Wildman–Crippen MR) is 38.9 cm³/mol. The second kappa shape index (κ2) is 7.78. The second-order valence-electron chi connectivity index (χ2n) is 1.29. The van der Waals surface area contributed by atoms with Gasteiger partial charge in [-0.05, 0) is 12.2 Å². The summed E-state index contributed by atoms with van der Waals surface area (Å²) >= 11 is 0. The number of hydrogen-bond donors (Lipinski definition) is 2. The summed E-state index contributed by atoms with van der Waals surface area (Å²) in [4.78, 5) is 0. The molecule has 0 aromatic carbocycles. The van der Waals surface area contributed by atoms with Crippen molar-refractivity contribution in [2.75, 3.05) is 13.2 Å². The lowest BCUT2D eigenvalue weighted by atomic mass is 10.4. The van der Waals surface area contributed by atoms with Gasteiger partial charge in [-0.1, -0.05) is 23.7 Å². The molecule has 0 saturated carbocycles. The molecule has 0 amide bonds. The lowest BCUT2D eigenvalue weighted by Crippen LogP contribution is -1.69. The SMILES string of the molecule is OCC#C/C=C/C#CCO. The molecular weight excluding hydrogens is 128 g/mol. The molecule has 0 spiro atoms. The normalized spacial score (nSPS) is 7.80. The van der Waals surface area contributed by atoms with E-state index < -0.39 is 0 Å². The van der Waals surface area contributed by atoms with Crippen LogP contribution in [0.2, 0.25) is 0 Å². The molecule has 0 aliphatic carbocycles. The molecule has 2 nitrogen and oxygen atoms in total. The summed E-state index contributed by atoms with van der Waals surface area (Å²) in [6.07, 6.45) is 3.03. The van der Waals surface area contributed by atoms with Crippen LogP contribution in [0.4, 0.5) is 0 Å². The van der Waals surface area contributed by atoms with E-state index in [0.29, 0.717) is 0 Å². The standard InChI is InChI=1S/C8H8O2/c9-7-5-3-1-2-4-6-8-10/h1-2,9-10H,7-8H2/b2-1+. The zero-order valence-electron chi connectivity index (χ0n) is 5.46. The summed E-state index contributed by atoms with van der Waals surface area (Å²) in [6, 6.07) is 0. The van der Waals surface area contributed by atoms with Gasteiger partial charge in [0.05, 0.1) is 0 Å². The molecule has 0 rings (SSSR count). The van der Waals surface area contributed by atoms with Crippen molar-refractivity contribution >= 4 is 0 Å². The van der Waals surface area contributed by atoms with E-state index in [-0.39, 0.29) is 13.2 Å². The van der Waals surface area contributed by atoms with Gasteiger partial charge in [-0.25, -0.2) is 0 Å². The molecule has 0 saturated heterocycles. The smallest absolute Gasteiger partial charge is 0.104 e. The Morgan fingerprint density at radius 1 is 0.900 bits per heavy atom. The Kier molecular flexibility index (Phi) is 6.83. The minimum absolute atomic E-state index is 0.141. The van der Waals surface area contributed by atoms with Gasteiger partial charge in [0.25, 0.3) is 0 Å². The van der Waals surface area contributed by atoms with E-state index in [2.05, 4.69) is 23.7 Å². The lowest BCUT2D eigenvalue weighted by Gasteiger charge is -1.67. The molecular formula is C8H8O2. The first kappa shape index (κ1) is 8.78. The number of allylic oxidation sites excluding steroid dienone is 2. The summed E-state index contributed by atoms with van der Waals surface area (Å²) in [5.74, 6) is 9.89. The van der Waals surface area contributed by atoms with Gasteiger partial charge in [0.2, 0.25) is 0 Å². The van der Waals surface area contributed by atoms with Gasteiger partial charge < -0.3 is 10.2 Å². The number of hydrogen-bond acceptors (Lipinski definition) is 2. The van der Waals surface area contributed by atoms with Crippen LogP contribution in [0.15, 0.2) is 12.2 Å². The Hall–Kier alpha value is -1.22. The fourth-order valence-corrected chi connectivity index (χ4v) is 0.292. The molecule has 0 bridgehead atoms. The third kappa shape index (κ3) is 6.78. The highest BCUT2D eigenvalue weighted by Gasteiger charge is 1.59. The summed E-state index contributed by atoms with van der Waals surface area (Å²) in [6.45, 7) is -0.282. The van der Waals surface area contributed by atoms with Gasteiger partial charge in [-0.3, -0.25) is 0 Å². The van der Waals surface area contributed by atoms with Gasteiger partial charge in [0, 0.05) is 0 Å². The first-order valence-electron chi connectivity index (χ1n) is 2.75.